The lowest BCUT2D eigenvalue weighted by atomic mass is 10.2. The molecule has 118 valence electrons. The Kier molecular flexibility index (Phi) is 3.92. The van der Waals surface area contributed by atoms with Crippen molar-refractivity contribution in [2.24, 2.45) is 0 Å². The Morgan fingerprint density at radius 1 is 1.22 bits per heavy atom. The Hall–Kier alpha value is -2.96. The summed E-state index contributed by atoms with van der Waals surface area (Å²) in [6.07, 6.45) is 0.444. The summed E-state index contributed by atoms with van der Waals surface area (Å²) in [7, 11) is 0. The molecule has 1 aromatic heterocycles. The Bertz CT molecular complexity index is 747. The number of carbonyl (C=O) groups is 3. The van der Waals surface area contributed by atoms with Crippen LogP contribution in [-0.4, -0.2) is 22.9 Å². The maximum Gasteiger partial charge on any atom is 0.338 e. The summed E-state index contributed by atoms with van der Waals surface area (Å²) in [5.41, 5.74) is 1.31. The summed E-state index contributed by atoms with van der Waals surface area (Å²) >= 11 is 0. The second kappa shape index (κ2) is 6.04. The Morgan fingerprint density at radius 2 is 1.87 bits per heavy atom. The van der Waals surface area contributed by atoms with Crippen molar-refractivity contribution >= 4 is 23.5 Å². The van der Waals surface area contributed by atoms with Gasteiger partial charge in [-0.25, -0.2) is 4.79 Å². The number of rotatable bonds is 4. The number of benzene rings is 1. The zero-order chi connectivity index (χ0) is 16.4. The van der Waals surface area contributed by atoms with Crippen LogP contribution in [0.4, 0.5) is 5.69 Å². The van der Waals surface area contributed by atoms with Crippen LogP contribution >= 0.6 is 0 Å². The van der Waals surface area contributed by atoms with Crippen LogP contribution in [0.3, 0.4) is 0 Å². The number of aryl methyl sites for hydroxylation is 1. The van der Waals surface area contributed by atoms with Gasteiger partial charge in [0.1, 0.15) is 18.1 Å². The highest BCUT2D eigenvalue weighted by atomic mass is 16.5. The van der Waals surface area contributed by atoms with Crippen molar-refractivity contribution in [2.45, 2.75) is 26.4 Å². The molecule has 0 saturated carbocycles. The second-order valence-electron chi connectivity index (χ2n) is 5.17. The molecule has 0 N–H and O–H groups in total. The van der Waals surface area contributed by atoms with E-state index in [2.05, 4.69) is 5.16 Å². The first-order chi connectivity index (χ1) is 11.0. The topological polar surface area (TPSA) is 89.7 Å². The first-order valence-corrected chi connectivity index (χ1v) is 7.10. The number of hydrogen-bond acceptors (Lipinski definition) is 6. The molecule has 1 aliphatic rings. The van der Waals surface area contributed by atoms with Gasteiger partial charge in [0.05, 0.1) is 11.3 Å². The van der Waals surface area contributed by atoms with E-state index >= 15 is 0 Å². The predicted molar refractivity (Wildman–Crippen MR) is 78.5 cm³/mol. The molecule has 2 amide bonds. The minimum Gasteiger partial charge on any atom is -0.455 e. The van der Waals surface area contributed by atoms with Gasteiger partial charge in [0.2, 0.25) is 11.8 Å². The SMILES string of the molecule is Cc1cc(COC(=O)c2ccc(N3C(=O)CCC3=O)cc2)no1. The fraction of sp³-hybridized carbons (Fsp3) is 0.250. The van der Waals surface area contributed by atoms with Crippen LogP contribution in [0.1, 0.15) is 34.7 Å². The van der Waals surface area contributed by atoms with Gasteiger partial charge in [0, 0.05) is 18.9 Å². The van der Waals surface area contributed by atoms with E-state index in [1.54, 1.807) is 25.1 Å². The summed E-state index contributed by atoms with van der Waals surface area (Å²) in [6.45, 7) is 1.76. The predicted octanol–water partition coefficient (Wildman–Crippen LogP) is 1.99. The first kappa shape index (κ1) is 15.0. The molecule has 0 aliphatic carbocycles. The van der Waals surface area contributed by atoms with Gasteiger partial charge in [0.25, 0.3) is 0 Å². The summed E-state index contributed by atoms with van der Waals surface area (Å²) in [6, 6.07) is 7.83. The normalized spacial score (nSPS) is 14.4. The average molecular weight is 314 g/mol. The van der Waals surface area contributed by atoms with Crippen LogP contribution in [0, 0.1) is 6.92 Å². The second-order valence-corrected chi connectivity index (χ2v) is 5.17. The fourth-order valence-corrected chi connectivity index (χ4v) is 2.32. The minimum absolute atomic E-state index is 0.0149. The summed E-state index contributed by atoms with van der Waals surface area (Å²) < 4.78 is 10.0. The first-order valence-electron chi connectivity index (χ1n) is 7.10. The molecule has 0 radical (unpaired) electrons. The highest BCUT2D eigenvalue weighted by Crippen LogP contribution is 2.23. The highest BCUT2D eigenvalue weighted by molar-refractivity contribution is 6.19. The van der Waals surface area contributed by atoms with E-state index in [0.717, 1.165) is 4.90 Å². The number of carbonyl (C=O) groups excluding carboxylic acids is 3. The van der Waals surface area contributed by atoms with Crippen molar-refractivity contribution in [1.29, 1.82) is 0 Å². The fourth-order valence-electron chi connectivity index (χ4n) is 2.32. The van der Waals surface area contributed by atoms with Gasteiger partial charge in [-0.2, -0.15) is 0 Å². The number of aromatic nitrogens is 1. The molecule has 3 rings (SSSR count). The van der Waals surface area contributed by atoms with Gasteiger partial charge in [-0.3, -0.25) is 14.5 Å². The zero-order valence-electron chi connectivity index (χ0n) is 12.4. The molecule has 7 nitrogen and oxygen atoms in total. The van der Waals surface area contributed by atoms with Gasteiger partial charge in [0.15, 0.2) is 0 Å². The van der Waals surface area contributed by atoms with Gasteiger partial charge in [-0.15, -0.1) is 0 Å². The molecule has 2 aromatic rings. The zero-order valence-corrected chi connectivity index (χ0v) is 12.4. The summed E-state index contributed by atoms with van der Waals surface area (Å²) in [5.74, 6) is -0.338. The third-order valence-electron chi connectivity index (χ3n) is 3.44. The van der Waals surface area contributed by atoms with Crippen molar-refractivity contribution in [3.8, 4) is 0 Å². The van der Waals surface area contributed by atoms with Crippen molar-refractivity contribution in [3.63, 3.8) is 0 Å². The van der Waals surface area contributed by atoms with Gasteiger partial charge >= 0.3 is 5.97 Å². The van der Waals surface area contributed by atoms with Gasteiger partial charge in [-0.1, -0.05) is 5.16 Å². The lowest BCUT2D eigenvalue weighted by Crippen LogP contribution is -2.28. The van der Waals surface area contributed by atoms with Crippen molar-refractivity contribution < 1.29 is 23.6 Å². The Labute approximate surface area is 131 Å². The Morgan fingerprint density at radius 3 is 2.43 bits per heavy atom. The number of nitrogens with zero attached hydrogens (tertiary/aromatic N) is 2. The van der Waals surface area contributed by atoms with Crippen LogP contribution in [0.2, 0.25) is 0 Å². The smallest absolute Gasteiger partial charge is 0.338 e. The molecule has 1 aromatic carbocycles. The number of amides is 2. The van der Waals surface area contributed by atoms with E-state index in [1.807, 2.05) is 0 Å². The van der Waals surface area contributed by atoms with E-state index < -0.39 is 5.97 Å². The number of esters is 1. The summed E-state index contributed by atoms with van der Waals surface area (Å²) in [4.78, 5) is 36.4. The monoisotopic (exact) mass is 314 g/mol. The molecule has 2 heterocycles. The van der Waals surface area contributed by atoms with Crippen molar-refractivity contribution in [3.05, 3.63) is 47.3 Å². The van der Waals surface area contributed by atoms with E-state index in [0.29, 0.717) is 22.7 Å². The summed E-state index contributed by atoms with van der Waals surface area (Å²) in [5, 5.41) is 3.73. The molecule has 0 unspecified atom stereocenters. The molecule has 23 heavy (non-hydrogen) atoms. The molecule has 1 aliphatic heterocycles. The molecule has 1 fully saturated rings. The van der Waals surface area contributed by atoms with E-state index in [9.17, 15) is 14.4 Å². The average Bonchev–Trinajstić information content (AvgIpc) is 3.11. The molecule has 0 atom stereocenters. The van der Waals surface area contributed by atoms with E-state index in [1.165, 1.54) is 12.1 Å². The van der Waals surface area contributed by atoms with Crippen molar-refractivity contribution in [2.75, 3.05) is 4.90 Å². The Balaban J connectivity index is 1.65. The third kappa shape index (κ3) is 3.13. The molecule has 1 saturated heterocycles. The standard InChI is InChI=1S/C16H14N2O5/c1-10-8-12(17-23-10)9-22-16(21)11-2-4-13(5-3-11)18-14(19)6-7-15(18)20/h2-5,8H,6-7,9H2,1H3. The number of imide groups is 1. The molecular formula is C16H14N2O5. The van der Waals surface area contributed by atoms with Crippen LogP contribution in [-0.2, 0) is 20.9 Å². The minimum atomic E-state index is -0.517. The van der Waals surface area contributed by atoms with E-state index in [-0.39, 0.29) is 31.3 Å². The molecule has 0 spiro atoms. The van der Waals surface area contributed by atoms with Gasteiger partial charge < -0.3 is 9.26 Å². The molecule has 0 bridgehead atoms. The van der Waals surface area contributed by atoms with Crippen molar-refractivity contribution in [1.82, 2.24) is 5.16 Å². The number of anilines is 1. The lowest BCUT2D eigenvalue weighted by Gasteiger charge is -2.13. The number of ether oxygens (including phenoxy) is 1. The quantitative estimate of drug-likeness (QED) is 0.633. The molecular weight excluding hydrogens is 300 g/mol. The van der Waals surface area contributed by atoms with Crippen LogP contribution < -0.4 is 4.90 Å². The third-order valence-corrected chi connectivity index (χ3v) is 3.44. The highest BCUT2D eigenvalue weighted by Gasteiger charge is 2.30. The van der Waals surface area contributed by atoms with Crippen LogP contribution in [0.5, 0.6) is 0 Å². The maximum atomic E-state index is 12.0. The largest absolute Gasteiger partial charge is 0.455 e. The van der Waals surface area contributed by atoms with Gasteiger partial charge in [-0.05, 0) is 31.2 Å². The van der Waals surface area contributed by atoms with E-state index in [4.69, 9.17) is 9.26 Å². The molecule has 7 heteroatoms. The van der Waals surface area contributed by atoms with Crippen LogP contribution in [0.25, 0.3) is 0 Å². The lowest BCUT2D eigenvalue weighted by molar-refractivity contribution is -0.121. The maximum absolute atomic E-state index is 12.0. The number of hydrogen-bond donors (Lipinski definition) is 0. The van der Waals surface area contributed by atoms with Crippen LogP contribution in [0.15, 0.2) is 34.9 Å².